The summed E-state index contributed by atoms with van der Waals surface area (Å²) >= 11 is 0. The summed E-state index contributed by atoms with van der Waals surface area (Å²) in [5, 5.41) is 115. The molecule has 3 aliphatic rings. The molecule has 6 radical (unpaired) electrons. The number of Topliss-reactive ketones (excluding diaryl/α,β-unsaturated/α-hetero) is 1. The van der Waals surface area contributed by atoms with Gasteiger partial charge in [0, 0.05) is 279 Å². The Morgan fingerprint density at radius 3 is 1.04 bits per heavy atom. The van der Waals surface area contributed by atoms with Gasteiger partial charge in [0.1, 0.15) is 61.5 Å². The van der Waals surface area contributed by atoms with Crippen LogP contribution in [-0.2, 0) is 38.0 Å². The molecule has 0 spiro atoms. The summed E-state index contributed by atoms with van der Waals surface area (Å²) in [4.78, 5) is 21.0. The molecule has 0 aromatic heterocycles. The molecule has 12 unspecified atom stereocenters. The summed E-state index contributed by atoms with van der Waals surface area (Å²) in [6, 6.07) is 0. The Morgan fingerprint density at radius 1 is 0.549 bits per heavy atom. The molecule has 3 aliphatic heterocycles. The Labute approximate surface area is 510 Å². The van der Waals surface area contributed by atoms with E-state index in [1.54, 1.807) is 0 Å². The number of hydrogen-bond donors (Lipinski definition) is 13. The summed E-state index contributed by atoms with van der Waals surface area (Å²) in [7, 11) is 3.72. The van der Waals surface area contributed by atoms with Crippen LogP contribution >= 0.6 is 0 Å². The molecule has 3 saturated heterocycles. The number of esters is 1. The molecule has 14 atom stereocenters. The molecular weight excluding hydrogens is 1990 g/mol. The van der Waals surface area contributed by atoms with Crippen LogP contribution in [0.3, 0.4) is 0 Å². The van der Waals surface area contributed by atoms with E-state index in [1.165, 1.54) is 14.2 Å². The molecule has 21 nitrogen and oxygen atoms in total. The van der Waals surface area contributed by atoms with Crippen molar-refractivity contribution in [3.05, 3.63) is 0 Å². The number of methoxy groups -OCH3 is 3. The maximum Gasteiger partial charge on any atom is 0.337 e. The summed E-state index contributed by atoms with van der Waals surface area (Å²) < 4.78 is 27.8. The van der Waals surface area contributed by atoms with Crippen LogP contribution in [0.5, 0.6) is 0 Å². The van der Waals surface area contributed by atoms with E-state index < -0.39 is 111 Å². The van der Waals surface area contributed by atoms with Crippen molar-refractivity contribution >= 4 is 11.8 Å². The van der Waals surface area contributed by atoms with E-state index in [0.717, 1.165) is 7.11 Å². The van der Waals surface area contributed by atoms with Crippen LogP contribution in [0.2, 0.25) is 0 Å². The van der Waals surface area contributed by atoms with E-state index in [9.17, 15) is 9.59 Å². The zero-order valence-corrected chi connectivity index (χ0v) is 55.9. The average Bonchev–Trinajstić information content (AvgIpc) is 3.59. The van der Waals surface area contributed by atoms with Gasteiger partial charge in [-0.05, 0) is 0 Å². The Kier molecular flexibility index (Phi) is 62.7. The minimum Gasteiger partial charge on any atom is -0.467 e. The maximum absolute atomic E-state index is 10.5. The standard InChI is InChI=1S/C6H10O6.2C6H12O5.C5H10O5.CH4.6Ac/c1-12-6(11)5(10)4(9)3(8)2-7;2*1-10-6-5(9)4(8)3(2-7)11-6;6-1-2-3(7)4(8)5(9)10-2;;;;;;;/h4-5,7,9-10H,2H2,1H3;2*3-9H,2H2,1H3;2-9H,1H2;1H4;;;;;;/t;;;2?,3-,4-,5?;;;;;;;/m...1......./s1. The molecule has 0 amide bonds. The van der Waals surface area contributed by atoms with E-state index in [2.05, 4.69) is 18.9 Å². The van der Waals surface area contributed by atoms with Crippen LogP contribution in [-0.4, -0.2) is 212 Å². The van der Waals surface area contributed by atoms with Crippen molar-refractivity contribution in [3.63, 3.8) is 0 Å². The normalized spacial score (nSPS) is 32.2. The van der Waals surface area contributed by atoms with Gasteiger partial charge < -0.3 is 94.8 Å². The van der Waals surface area contributed by atoms with Crippen LogP contribution in [0.25, 0.3) is 0 Å². The molecule has 0 aromatic rings. The Balaban J connectivity index is -0.0000000771. The van der Waals surface area contributed by atoms with E-state index in [0.29, 0.717) is 0 Å². The van der Waals surface area contributed by atoms with Crippen LogP contribution in [0, 0.1) is 264 Å². The van der Waals surface area contributed by atoms with Crippen molar-refractivity contribution < 1.29 is 369 Å². The van der Waals surface area contributed by atoms with E-state index in [4.69, 9.17) is 75.9 Å². The minimum atomic E-state index is -1.94. The fourth-order valence-corrected chi connectivity index (χ4v) is 3.52. The van der Waals surface area contributed by atoms with Crippen molar-refractivity contribution in [1.29, 1.82) is 0 Å². The molecule has 3 fully saturated rings. The molecule has 0 aromatic carbocycles. The molecule has 27 heteroatoms. The Bertz CT molecular complexity index is 746. The van der Waals surface area contributed by atoms with E-state index in [-0.39, 0.29) is 285 Å². The van der Waals surface area contributed by atoms with Crippen molar-refractivity contribution in [2.45, 2.75) is 93.4 Å². The van der Waals surface area contributed by atoms with Gasteiger partial charge in [-0.15, -0.1) is 0 Å². The predicted molar refractivity (Wildman–Crippen MR) is 142 cm³/mol. The molecule has 0 aliphatic carbocycles. The van der Waals surface area contributed by atoms with Crippen molar-refractivity contribution in [2.75, 3.05) is 47.8 Å². The van der Waals surface area contributed by atoms with Gasteiger partial charge in [-0.3, -0.25) is 4.79 Å². The summed E-state index contributed by atoms with van der Waals surface area (Å²) in [5.41, 5.74) is 0. The van der Waals surface area contributed by atoms with Gasteiger partial charge in [-0.2, -0.15) is 0 Å². The smallest absolute Gasteiger partial charge is 0.337 e. The number of rotatable bonds is 9. The molecule has 0 saturated carbocycles. The van der Waals surface area contributed by atoms with E-state index >= 15 is 0 Å². The van der Waals surface area contributed by atoms with Gasteiger partial charge in [0.2, 0.25) is 0 Å². The molecule has 3 heterocycles. The van der Waals surface area contributed by atoms with Crippen LogP contribution in [0.1, 0.15) is 7.43 Å². The van der Waals surface area contributed by atoms with Crippen molar-refractivity contribution in [2.24, 2.45) is 0 Å². The topological polar surface area (TPSA) is 353 Å². The largest absolute Gasteiger partial charge is 0.467 e. The third-order valence-corrected chi connectivity index (χ3v) is 6.21. The van der Waals surface area contributed by atoms with Gasteiger partial charge in [-0.1, -0.05) is 7.43 Å². The van der Waals surface area contributed by atoms with Gasteiger partial charge >= 0.3 is 5.97 Å². The second-order valence-corrected chi connectivity index (χ2v) is 9.15. The maximum atomic E-state index is 10.5. The minimum absolute atomic E-state index is 0. The fraction of sp³-hybridized carbons (Fsp3) is 0.917. The molecular formula is C24H48Ac6O21. The second kappa shape index (κ2) is 42.4. The zero-order valence-electron chi connectivity index (χ0n) is 27.5. The van der Waals surface area contributed by atoms with Gasteiger partial charge in [0.25, 0.3) is 0 Å². The quantitative estimate of drug-likeness (QED) is 0.0954. The first-order valence-electron chi connectivity index (χ1n) is 12.8. The molecule has 51 heavy (non-hydrogen) atoms. The van der Waals surface area contributed by atoms with E-state index in [1.807, 2.05) is 0 Å². The molecule has 13 N–H and O–H groups in total. The number of aliphatic hydroxyl groups is 13. The van der Waals surface area contributed by atoms with Crippen molar-refractivity contribution in [3.8, 4) is 0 Å². The first kappa shape index (κ1) is 75.4. The first-order valence-corrected chi connectivity index (χ1v) is 12.8. The SMILES string of the molecule is C.COC(=O)C(O)C(O)C(=O)CO.COC1OC(CO)C(O)C1O.COC1OC(CO)C(O)C1O.OCC1OC(O)[C@H](O)[C@@H]1O.[Ac].[Ac].[Ac].[Ac].[Ac].[Ac]. The Morgan fingerprint density at radius 2 is 0.863 bits per heavy atom. The summed E-state index contributed by atoms with van der Waals surface area (Å²) in [6.07, 6.45) is -16.0. The summed E-state index contributed by atoms with van der Waals surface area (Å²) in [6.45, 7) is -1.99. The van der Waals surface area contributed by atoms with Gasteiger partial charge in [-0.25, -0.2) is 4.79 Å². The molecule has 3 rings (SSSR count). The van der Waals surface area contributed by atoms with Crippen LogP contribution < -0.4 is 0 Å². The number of hydrogen-bond acceptors (Lipinski definition) is 21. The predicted octanol–water partition coefficient (Wildman–Crippen LogP) is -8.36. The number of carbonyl (C=O) groups excluding carboxylic acids is 2. The second-order valence-electron chi connectivity index (χ2n) is 9.15. The number of aliphatic hydroxyl groups excluding tert-OH is 13. The van der Waals surface area contributed by atoms with Crippen LogP contribution in [0.15, 0.2) is 0 Å². The van der Waals surface area contributed by atoms with Crippen molar-refractivity contribution in [1.82, 2.24) is 0 Å². The Hall–Kier alpha value is 7.07. The third-order valence-electron chi connectivity index (χ3n) is 6.21. The first-order chi connectivity index (χ1) is 20.6. The van der Waals surface area contributed by atoms with Crippen LogP contribution in [0.4, 0.5) is 0 Å². The fourth-order valence-electron chi connectivity index (χ4n) is 3.52. The number of ketones is 1. The monoisotopic (exact) mass is 2030 g/mol. The third kappa shape index (κ3) is 26.3. The number of carbonyl (C=O) groups is 2. The zero-order chi connectivity index (χ0) is 34.3. The number of ether oxygens (including phenoxy) is 6. The average molecular weight is 2030 g/mol. The molecule has 288 valence electrons. The molecule has 0 bridgehead atoms. The van der Waals surface area contributed by atoms with Gasteiger partial charge in [0.05, 0.1) is 26.9 Å². The summed E-state index contributed by atoms with van der Waals surface area (Å²) in [5.74, 6) is -2.16. The van der Waals surface area contributed by atoms with Gasteiger partial charge in [0.15, 0.2) is 36.9 Å².